The first-order valence-electron chi connectivity index (χ1n) is 11.1. The molecule has 0 radical (unpaired) electrons. The highest BCUT2D eigenvalue weighted by atomic mass is 32.2. The molecule has 0 aromatic heterocycles. The summed E-state index contributed by atoms with van der Waals surface area (Å²) in [7, 11) is 0. The van der Waals surface area contributed by atoms with Crippen molar-refractivity contribution >= 4 is 57.6 Å². The second kappa shape index (κ2) is 10.8. The summed E-state index contributed by atoms with van der Waals surface area (Å²) in [5.41, 5.74) is 2.53. The van der Waals surface area contributed by atoms with Crippen molar-refractivity contribution in [1.29, 1.82) is 0 Å². The number of amides is 2. The van der Waals surface area contributed by atoms with Gasteiger partial charge in [0.15, 0.2) is 10.9 Å². The molecule has 1 heterocycles. The summed E-state index contributed by atoms with van der Waals surface area (Å²) in [6.45, 7) is 3.65. The van der Waals surface area contributed by atoms with Crippen molar-refractivity contribution in [2.45, 2.75) is 20.0 Å². The zero-order valence-electron chi connectivity index (χ0n) is 19.8. The summed E-state index contributed by atoms with van der Waals surface area (Å²) in [6, 6.07) is 17.0. The minimum absolute atomic E-state index is 0.0589. The van der Waals surface area contributed by atoms with E-state index in [9.17, 15) is 22.8 Å². The van der Waals surface area contributed by atoms with E-state index >= 15 is 0 Å². The molecule has 1 saturated heterocycles. The van der Waals surface area contributed by atoms with Crippen LogP contribution in [-0.2, 0) is 15.8 Å². The number of ether oxygens (including phenoxy) is 1. The molecule has 1 aliphatic heterocycles. The van der Waals surface area contributed by atoms with Gasteiger partial charge in [0.25, 0.3) is 11.8 Å². The van der Waals surface area contributed by atoms with Crippen LogP contribution in [0.15, 0.2) is 71.6 Å². The Morgan fingerprint density at radius 1 is 1.05 bits per heavy atom. The first-order valence-corrected chi connectivity index (χ1v) is 12.3. The van der Waals surface area contributed by atoms with Crippen molar-refractivity contribution in [3.8, 4) is 5.75 Å². The molecular formula is C27H21F3N2O3S2. The van der Waals surface area contributed by atoms with E-state index in [2.05, 4.69) is 5.32 Å². The molecule has 190 valence electrons. The van der Waals surface area contributed by atoms with Crippen LogP contribution < -0.4 is 15.0 Å². The lowest BCUT2D eigenvalue weighted by Gasteiger charge is -2.16. The second-order valence-electron chi connectivity index (χ2n) is 8.24. The van der Waals surface area contributed by atoms with E-state index in [-0.39, 0.29) is 27.4 Å². The Hall–Kier alpha value is -3.63. The third kappa shape index (κ3) is 6.20. The number of hydrogen-bond donors (Lipinski definition) is 1. The van der Waals surface area contributed by atoms with Crippen LogP contribution in [0.1, 0.15) is 22.3 Å². The number of benzene rings is 3. The number of rotatable bonds is 6. The predicted molar refractivity (Wildman–Crippen MR) is 144 cm³/mol. The van der Waals surface area contributed by atoms with Crippen LogP contribution in [0.2, 0.25) is 0 Å². The molecule has 4 rings (SSSR count). The SMILES string of the molecule is Cc1cccc(C)c1NC(=O)COc1ccc(/C=C2\SC(=S)N(c3cccc(C(F)(F)F)c3)C2=O)cc1. The van der Waals surface area contributed by atoms with Crippen LogP contribution in [0.5, 0.6) is 5.75 Å². The average Bonchev–Trinajstić information content (AvgIpc) is 3.13. The topological polar surface area (TPSA) is 58.6 Å². The number of carbonyl (C=O) groups excluding carboxylic acids is 2. The minimum Gasteiger partial charge on any atom is -0.484 e. The van der Waals surface area contributed by atoms with Crippen molar-refractivity contribution in [3.05, 3.63) is 93.9 Å². The zero-order valence-corrected chi connectivity index (χ0v) is 21.4. The fourth-order valence-electron chi connectivity index (χ4n) is 3.66. The Labute approximate surface area is 221 Å². The molecule has 0 saturated carbocycles. The summed E-state index contributed by atoms with van der Waals surface area (Å²) < 4.78 is 45.0. The number of hydrogen-bond acceptors (Lipinski definition) is 5. The van der Waals surface area contributed by atoms with Crippen LogP contribution in [0.25, 0.3) is 6.08 Å². The minimum atomic E-state index is -4.53. The van der Waals surface area contributed by atoms with Crippen LogP contribution in [0, 0.1) is 13.8 Å². The van der Waals surface area contributed by atoms with Crippen LogP contribution in [0.3, 0.4) is 0 Å². The first kappa shape index (κ1) is 26.4. The van der Waals surface area contributed by atoms with Crippen molar-refractivity contribution in [2.75, 3.05) is 16.8 Å². The van der Waals surface area contributed by atoms with E-state index in [0.717, 1.165) is 45.6 Å². The van der Waals surface area contributed by atoms with E-state index in [1.807, 2.05) is 32.0 Å². The van der Waals surface area contributed by atoms with Gasteiger partial charge in [0.05, 0.1) is 16.2 Å². The smallest absolute Gasteiger partial charge is 0.416 e. The summed E-state index contributed by atoms with van der Waals surface area (Å²) in [4.78, 5) is 26.6. The monoisotopic (exact) mass is 542 g/mol. The van der Waals surface area contributed by atoms with Gasteiger partial charge < -0.3 is 10.1 Å². The predicted octanol–water partition coefficient (Wildman–Crippen LogP) is 6.75. The average molecular weight is 543 g/mol. The summed E-state index contributed by atoms with van der Waals surface area (Å²) in [5.74, 6) is -0.331. The fourth-order valence-corrected chi connectivity index (χ4v) is 4.96. The number of nitrogens with one attached hydrogen (secondary N) is 1. The summed E-state index contributed by atoms with van der Waals surface area (Å²) in [6.07, 6.45) is -2.93. The van der Waals surface area contributed by atoms with Crippen LogP contribution in [0.4, 0.5) is 24.5 Å². The maximum absolute atomic E-state index is 13.1. The molecule has 2 amide bonds. The summed E-state index contributed by atoms with van der Waals surface area (Å²) >= 11 is 6.27. The van der Waals surface area contributed by atoms with Gasteiger partial charge in [0, 0.05) is 5.69 Å². The number of aryl methyl sites for hydroxylation is 2. The molecule has 0 bridgehead atoms. The molecule has 0 unspecified atom stereocenters. The van der Waals surface area contributed by atoms with E-state index < -0.39 is 17.6 Å². The highest BCUT2D eigenvalue weighted by Gasteiger charge is 2.36. The molecule has 0 aliphatic carbocycles. The first-order chi connectivity index (χ1) is 17.5. The molecule has 10 heteroatoms. The number of nitrogens with zero attached hydrogens (tertiary/aromatic N) is 1. The Kier molecular flexibility index (Phi) is 7.70. The molecule has 5 nitrogen and oxygen atoms in total. The highest BCUT2D eigenvalue weighted by Crippen LogP contribution is 2.38. The fraction of sp³-hybridized carbons (Fsp3) is 0.148. The van der Waals surface area contributed by atoms with Crippen LogP contribution in [-0.4, -0.2) is 22.7 Å². The van der Waals surface area contributed by atoms with Gasteiger partial charge in [0.1, 0.15) is 5.75 Å². The van der Waals surface area contributed by atoms with Gasteiger partial charge in [-0.1, -0.05) is 60.4 Å². The molecule has 1 aliphatic rings. The van der Waals surface area contributed by atoms with Gasteiger partial charge in [-0.3, -0.25) is 14.5 Å². The van der Waals surface area contributed by atoms with Crippen LogP contribution >= 0.6 is 24.0 Å². The van der Waals surface area contributed by atoms with Crippen molar-refractivity contribution in [3.63, 3.8) is 0 Å². The Bertz CT molecular complexity index is 1380. The Morgan fingerprint density at radius 2 is 1.70 bits per heavy atom. The number of para-hydroxylation sites is 1. The highest BCUT2D eigenvalue weighted by molar-refractivity contribution is 8.27. The van der Waals surface area contributed by atoms with E-state index in [1.165, 1.54) is 12.1 Å². The molecule has 1 fully saturated rings. The van der Waals surface area contributed by atoms with Gasteiger partial charge >= 0.3 is 6.18 Å². The van der Waals surface area contributed by atoms with Gasteiger partial charge in [-0.25, -0.2) is 0 Å². The standard InChI is InChI=1S/C27H21F3N2O3S2/c1-16-5-3-6-17(2)24(16)31-23(33)15-35-21-11-9-18(10-12-21)13-22-25(34)32(26(36)37-22)20-8-4-7-19(14-20)27(28,29)30/h3-14H,15H2,1-2H3,(H,31,33)/b22-13-. The third-order valence-electron chi connectivity index (χ3n) is 5.52. The van der Waals surface area contributed by atoms with Gasteiger partial charge in [0.2, 0.25) is 0 Å². The number of alkyl halides is 3. The van der Waals surface area contributed by atoms with Gasteiger partial charge in [-0.15, -0.1) is 0 Å². The lowest BCUT2D eigenvalue weighted by molar-refractivity contribution is -0.137. The zero-order chi connectivity index (χ0) is 26.7. The molecule has 3 aromatic carbocycles. The van der Waals surface area contributed by atoms with Crippen molar-refractivity contribution in [2.24, 2.45) is 0 Å². The van der Waals surface area contributed by atoms with E-state index in [1.54, 1.807) is 30.3 Å². The third-order valence-corrected chi connectivity index (χ3v) is 6.82. The maximum atomic E-state index is 13.1. The van der Waals surface area contributed by atoms with Gasteiger partial charge in [-0.2, -0.15) is 13.2 Å². The normalized spacial score (nSPS) is 14.8. The molecule has 3 aromatic rings. The Balaban J connectivity index is 1.40. The second-order valence-corrected chi connectivity index (χ2v) is 9.91. The number of anilines is 2. The summed E-state index contributed by atoms with van der Waals surface area (Å²) in [5, 5.41) is 2.85. The van der Waals surface area contributed by atoms with Crippen molar-refractivity contribution < 1.29 is 27.5 Å². The number of halogens is 3. The van der Waals surface area contributed by atoms with Gasteiger partial charge in [-0.05, 0) is 66.9 Å². The number of thioether (sulfide) groups is 1. The molecule has 1 N–H and O–H groups in total. The van der Waals surface area contributed by atoms with E-state index in [4.69, 9.17) is 17.0 Å². The molecule has 37 heavy (non-hydrogen) atoms. The van der Waals surface area contributed by atoms with Crippen molar-refractivity contribution in [1.82, 2.24) is 0 Å². The number of carbonyl (C=O) groups is 2. The number of thiocarbonyl (C=S) groups is 1. The van der Waals surface area contributed by atoms with E-state index in [0.29, 0.717) is 11.3 Å². The Morgan fingerprint density at radius 3 is 2.35 bits per heavy atom. The largest absolute Gasteiger partial charge is 0.484 e. The lowest BCUT2D eigenvalue weighted by atomic mass is 10.1. The maximum Gasteiger partial charge on any atom is 0.416 e. The quantitative estimate of drug-likeness (QED) is 0.276. The molecule has 0 atom stereocenters. The molecule has 0 spiro atoms. The molecular weight excluding hydrogens is 521 g/mol. The lowest BCUT2D eigenvalue weighted by Crippen LogP contribution is -2.27.